The highest BCUT2D eigenvalue weighted by Gasteiger charge is 2.24. The molecule has 0 aliphatic carbocycles. The van der Waals surface area contributed by atoms with Crippen LogP contribution in [0.5, 0.6) is 0 Å². The summed E-state index contributed by atoms with van der Waals surface area (Å²) in [6.07, 6.45) is 1.83. The Hall–Kier alpha value is -2.78. The summed E-state index contributed by atoms with van der Waals surface area (Å²) in [6, 6.07) is 10.5. The molecule has 3 heterocycles. The van der Waals surface area contributed by atoms with Crippen molar-refractivity contribution in [3.63, 3.8) is 0 Å². The number of nitrogens with one attached hydrogen (secondary N) is 1. The zero-order valence-electron chi connectivity index (χ0n) is 18.8. The van der Waals surface area contributed by atoms with E-state index in [1.807, 2.05) is 6.07 Å². The molecule has 1 aromatic carbocycles. The van der Waals surface area contributed by atoms with Gasteiger partial charge in [0.2, 0.25) is 0 Å². The standard InChI is InChI=1S/C22H28N5O5P/c1-3-31-33(29,32-4-2)16-17-5-7-18(8-6-17)22(28)25-19-15-21(26-11-13-30-14-12-26)27-20(24-19)9-10-23-27/h5-10,15H,3-4,11-14,16H2,1-2H3,(H,24,25,28). The minimum atomic E-state index is -3.20. The Kier molecular flexibility index (Phi) is 7.39. The fourth-order valence-electron chi connectivity index (χ4n) is 3.67. The minimum absolute atomic E-state index is 0.152. The number of benzene rings is 1. The Morgan fingerprint density at radius 2 is 1.82 bits per heavy atom. The van der Waals surface area contributed by atoms with Crippen LogP contribution in [0.4, 0.5) is 11.6 Å². The number of hydrogen-bond donors (Lipinski definition) is 1. The van der Waals surface area contributed by atoms with Crippen molar-refractivity contribution < 1.29 is 23.1 Å². The lowest BCUT2D eigenvalue weighted by atomic mass is 10.1. The van der Waals surface area contributed by atoms with E-state index < -0.39 is 7.60 Å². The first kappa shape index (κ1) is 23.4. The number of carbonyl (C=O) groups is 1. The number of ether oxygens (including phenoxy) is 1. The van der Waals surface area contributed by atoms with E-state index in [0.29, 0.717) is 43.5 Å². The Balaban J connectivity index is 1.49. The minimum Gasteiger partial charge on any atom is -0.378 e. The zero-order chi connectivity index (χ0) is 23.3. The van der Waals surface area contributed by atoms with E-state index in [9.17, 15) is 9.36 Å². The van der Waals surface area contributed by atoms with Crippen LogP contribution in [0.2, 0.25) is 0 Å². The van der Waals surface area contributed by atoms with Crippen molar-refractivity contribution in [3.05, 3.63) is 53.7 Å². The highest BCUT2D eigenvalue weighted by Crippen LogP contribution is 2.51. The fraction of sp³-hybridized carbons (Fsp3) is 0.409. The SMILES string of the molecule is CCOP(=O)(Cc1ccc(C(=O)Nc2cc(N3CCOCC3)n3nccc3n2)cc1)OCC. The number of nitrogens with zero attached hydrogens (tertiary/aromatic N) is 4. The summed E-state index contributed by atoms with van der Waals surface area (Å²) in [5.41, 5.74) is 1.88. The normalized spacial score (nSPS) is 14.5. The van der Waals surface area contributed by atoms with Crippen LogP contribution in [0.25, 0.3) is 5.65 Å². The van der Waals surface area contributed by atoms with Gasteiger partial charge in [0.15, 0.2) is 5.65 Å². The molecule has 0 saturated carbocycles. The van der Waals surface area contributed by atoms with E-state index in [-0.39, 0.29) is 12.1 Å². The molecule has 10 nitrogen and oxygen atoms in total. The molecule has 1 aliphatic heterocycles. The lowest BCUT2D eigenvalue weighted by molar-refractivity contribution is 0.102. The summed E-state index contributed by atoms with van der Waals surface area (Å²) >= 11 is 0. The molecule has 1 N–H and O–H groups in total. The molecule has 1 fully saturated rings. The lowest BCUT2D eigenvalue weighted by Crippen LogP contribution is -2.37. The topological polar surface area (TPSA) is 107 Å². The molecular formula is C22H28N5O5P. The number of anilines is 2. The zero-order valence-corrected chi connectivity index (χ0v) is 19.7. The highest BCUT2D eigenvalue weighted by atomic mass is 31.2. The lowest BCUT2D eigenvalue weighted by Gasteiger charge is -2.29. The Morgan fingerprint density at radius 3 is 2.48 bits per heavy atom. The van der Waals surface area contributed by atoms with Crippen LogP contribution in [0.1, 0.15) is 29.8 Å². The van der Waals surface area contributed by atoms with Crippen molar-refractivity contribution in [1.82, 2.24) is 14.6 Å². The molecule has 1 amide bonds. The molecule has 176 valence electrons. The molecule has 0 atom stereocenters. The molecule has 0 spiro atoms. The maximum atomic E-state index is 12.9. The molecular weight excluding hydrogens is 445 g/mol. The molecule has 33 heavy (non-hydrogen) atoms. The van der Waals surface area contributed by atoms with E-state index in [4.69, 9.17) is 13.8 Å². The molecule has 3 aromatic rings. The van der Waals surface area contributed by atoms with Gasteiger partial charge >= 0.3 is 7.60 Å². The van der Waals surface area contributed by atoms with Gasteiger partial charge in [-0.05, 0) is 31.5 Å². The van der Waals surface area contributed by atoms with Crippen LogP contribution in [-0.2, 0) is 24.5 Å². The number of hydrogen-bond acceptors (Lipinski definition) is 8. The summed E-state index contributed by atoms with van der Waals surface area (Å²) in [5.74, 6) is 1.00. The van der Waals surface area contributed by atoms with Crippen molar-refractivity contribution in [1.29, 1.82) is 0 Å². The summed E-state index contributed by atoms with van der Waals surface area (Å²) in [7, 11) is -3.20. The monoisotopic (exact) mass is 473 g/mol. The summed E-state index contributed by atoms with van der Waals surface area (Å²) in [6.45, 7) is 6.91. The maximum Gasteiger partial charge on any atom is 0.335 e. The highest BCUT2D eigenvalue weighted by molar-refractivity contribution is 7.53. The van der Waals surface area contributed by atoms with Gasteiger partial charge in [-0.1, -0.05) is 12.1 Å². The molecule has 0 radical (unpaired) electrons. The summed E-state index contributed by atoms with van der Waals surface area (Å²) < 4.78 is 30.6. The smallest absolute Gasteiger partial charge is 0.335 e. The van der Waals surface area contributed by atoms with Gasteiger partial charge in [-0.25, -0.2) is 4.98 Å². The second-order valence-corrected chi connectivity index (χ2v) is 9.51. The third-order valence-electron chi connectivity index (χ3n) is 5.16. The molecule has 0 bridgehead atoms. The Morgan fingerprint density at radius 1 is 1.12 bits per heavy atom. The van der Waals surface area contributed by atoms with Gasteiger partial charge in [0, 0.05) is 30.8 Å². The van der Waals surface area contributed by atoms with E-state index in [2.05, 4.69) is 20.3 Å². The van der Waals surface area contributed by atoms with Crippen molar-refractivity contribution in [2.24, 2.45) is 0 Å². The Bertz CT molecular complexity index is 1130. The third kappa shape index (κ3) is 5.59. The number of morpholine rings is 1. The Labute approximate surface area is 192 Å². The van der Waals surface area contributed by atoms with E-state index >= 15 is 0 Å². The average Bonchev–Trinajstić information content (AvgIpc) is 3.28. The number of amides is 1. The molecule has 1 aliphatic rings. The van der Waals surface area contributed by atoms with Crippen molar-refractivity contribution >= 4 is 30.8 Å². The molecule has 4 rings (SSSR count). The van der Waals surface area contributed by atoms with Gasteiger partial charge in [0.05, 0.1) is 38.8 Å². The number of carbonyl (C=O) groups excluding carboxylic acids is 1. The van der Waals surface area contributed by atoms with Crippen molar-refractivity contribution in [3.8, 4) is 0 Å². The van der Waals surface area contributed by atoms with Crippen LogP contribution in [-0.4, -0.2) is 60.0 Å². The van der Waals surface area contributed by atoms with Gasteiger partial charge < -0.3 is 24.0 Å². The molecule has 11 heteroatoms. The number of rotatable bonds is 9. The van der Waals surface area contributed by atoms with Crippen LogP contribution in [0.15, 0.2) is 42.6 Å². The summed E-state index contributed by atoms with van der Waals surface area (Å²) in [4.78, 5) is 19.5. The summed E-state index contributed by atoms with van der Waals surface area (Å²) in [5, 5.41) is 7.23. The second kappa shape index (κ2) is 10.4. The van der Waals surface area contributed by atoms with Crippen molar-refractivity contribution in [2.45, 2.75) is 20.0 Å². The quantitative estimate of drug-likeness (QED) is 0.470. The van der Waals surface area contributed by atoms with E-state index in [1.54, 1.807) is 54.9 Å². The van der Waals surface area contributed by atoms with Crippen LogP contribution < -0.4 is 10.2 Å². The maximum absolute atomic E-state index is 12.9. The van der Waals surface area contributed by atoms with Gasteiger partial charge in [-0.15, -0.1) is 0 Å². The van der Waals surface area contributed by atoms with Gasteiger partial charge in [-0.2, -0.15) is 9.61 Å². The first-order chi connectivity index (χ1) is 16.0. The molecule has 0 unspecified atom stereocenters. The first-order valence-electron chi connectivity index (χ1n) is 11.0. The van der Waals surface area contributed by atoms with Gasteiger partial charge in [0.1, 0.15) is 11.6 Å². The third-order valence-corrected chi connectivity index (χ3v) is 7.22. The van der Waals surface area contributed by atoms with E-state index in [1.165, 1.54) is 0 Å². The van der Waals surface area contributed by atoms with Crippen LogP contribution in [0.3, 0.4) is 0 Å². The molecule has 2 aromatic heterocycles. The van der Waals surface area contributed by atoms with Gasteiger partial charge in [-0.3, -0.25) is 9.36 Å². The number of aromatic nitrogens is 3. The predicted molar refractivity (Wildman–Crippen MR) is 125 cm³/mol. The second-order valence-electron chi connectivity index (χ2n) is 7.46. The first-order valence-corrected chi connectivity index (χ1v) is 12.7. The average molecular weight is 473 g/mol. The largest absolute Gasteiger partial charge is 0.378 e. The van der Waals surface area contributed by atoms with Crippen LogP contribution >= 0.6 is 7.60 Å². The molecule has 1 saturated heterocycles. The van der Waals surface area contributed by atoms with Gasteiger partial charge in [0.25, 0.3) is 5.91 Å². The van der Waals surface area contributed by atoms with Crippen molar-refractivity contribution in [2.75, 3.05) is 49.7 Å². The number of fused-ring (bicyclic) bond motifs is 1. The van der Waals surface area contributed by atoms with E-state index in [0.717, 1.165) is 24.5 Å². The van der Waals surface area contributed by atoms with Crippen LogP contribution in [0, 0.1) is 0 Å². The fourth-order valence-corrected chi connectivity index (χ4v) is 5.38. The predicted octanol–water partition coefficient (Wildman–Crippen LogP) is 3.58.